The minimum Gasteiger partial charge on any atom is -0.399 e. The third kappa shape index (κ3) is 2.05. The van der Waals surface area contributed by atoms with Gasteiger partial charge in [0.1, 0.15) is 6.04 Å². The van der Waals surface area contributed by atoms with Gasteiger partial charge in [0, 0.05) is 41.9 Å². The minimum atomic E-state index is -1.22. The second-order valence-corrected chi connectivity index (χ2v) is 8.01. The molecule has 0 radical (unpaired) electrons. The van der Waals surface area contributed by atoms with Crippen LogP contribution in [0.5, 0.6) is 0 Å². The minimum absolute atomic E-state index is 0.368. The number of nitrogens with zero attached hydrogens (tertiary/aromatic N) is 4. The number of carbonyl (C=O) groups excluding carboxylic acids is 2. The van der Waals surface area contributed by atoms with E-state index in [1.807, 2.05) is 0 Å². The van der Waals surface area contributed by atoms with E-state index >= 15 is 0 Å². The van der Waals surface area contributed by atoms with Gasteiger partial charge in [0.2, 0.25) is 5.91 Å². The van der Waals surface area contributed by atoms with Crippen molar-refractivity contribution in [2.75, 3.05) is 45.4 Å². The van der Waals surface area contributed by atoms with Crippen LogP contribution in [0, 0.1) is 5.41 Å². The van der Waals surface area contributed by atoms with Gasteiger partial charge in [-0.05, 0) is 18.2 Å². The SMILES string of the molecule is NC(=O)C(N1C(=O)c2ccc(N)cc2C1O)C12CN3CN(CN(C3)C1)C2. The number of anilines is 1. The predicted molar refractivity (Wildman–Crippen MR) is 92.1 cm³/mol. The van der Waals surface area contributed by atoms with Gasteiger partial charge in [-0.2, -0.15) is 0 Å². The van der Waals surface area contributed by atoms with Crippen LogP contribution in [-0.4, -0.2) is 82.2 Å². The molecule has 138 valence electrons. The van der Waals surface area contributed by atoms with Crippen molar-refractivity contribution in [2.45, 2.75) is 12.3 Å². The van der Waals surface area contributed by atoms with E-state index in [9.17, 15) is 14.7 Å². The number of aliphatic hydroxyl groups excluding tert-OH is 1. The number of primary amides is 1. The third-order valence-electron chi connectivity index (χ3n) is 6.03. The van der Waals surface area contributed by atoms with Crippen LogP contribution in [0.4, 0.5) is 5.69 Å². The van der Waals surface area contributed by atoms with Gasteiger partial charge in [0.15, 0.2) is 6.23 Å². The van der Waals surface area contributed by atoms with E-state index in [0.717, 1.165) is 20.0 Å². The molecule has 9 nitrogen and oxygen atoms in total. The van der Waals surface area contributed by atoms with Crippen LogP contribution in [0.15, 0.2) is 18.2 Å². The van der Waals surface area contributed by atoms with E-state index in [2.05, 4.69) is 14.7 Å². The van der Waals surface area contributed by atoms with Crippen LogP contribution in [-0.2, 0) is 4.79 Å². The Morgan fingerprint density at radius 1 is 1.15 bits per heavy atom. The molecule has 4 saturated heterocycles. The maximum Gasteiger partial charge on any atom is 0.257 e. The summed E-state index contributed by atoms with van der Waals surface area (Å²) in [5.41, 5.74) is 12.4. The van der Waals surface area contributed by atoms with Crippen molar-refractivity contribution in [1.82, 2.24) is 19.6 Å². The van der Waals surface area contributed by atoms with Gasteiger partial charge in [-0.1, -0.05) is 0 Å². The Balaban J connectivity index is 1.57. The molecule has 0 saturated carbocycles. The summed E-state index contributed by atoms with van der Waals surface area (Å²) in [7, 11) is 0. The van der Waals surface area contributed by atoms with Crippen molar-refractivity contribution in [3.8, 4) is 0 Å². The van der Waals surface area contributed by atoms with Crippen LogP contribution in [0.1, 0.15) is 22.1 Å². The maximum atomic E-state index is 13.0. The summed E-state index contributed by atoms with van der Waals surface area (Å²) < 4.78 is 0. The highest BCUT2D eigenvalue weighted by Gasteiger charge is 2.59. The number of rotatable bonds is 3. The lowest BCUT2D eigenvalue weighted by Crippen LogP contribution is -2.78. The topological polar surface area (TPSA) is 119 Å². The number of nitrogens with two attached hydrogens (primary N) is 2. The number of benzene rings is 1. The first kappa shape index (κ1) is 16.0. The predicted octanol–water partition coefficient (Wildman–Crippen LogP) is -1.62. The zero-order valence-corrected chi connectivity index (χ0v) is 14.3. The lowest BCUT2D eigenvalue weighted by atomic mass is 9.73. The monoisotopic (exact) mass is 358 g/mol. The van der Waals surface area contributed by atoms with Crippen LogP contribution in [0.25, 0.3) is 0 Å². The number of carbonyl (C=O) groups is 2. The highest BCUT2D eigenvalue weighted by molar-refractivity contribution is 6.02. The molecule has 5 aliphatic heterocycles. The first-order valence-corrected chi connectivity index (χ1v) is 8.74. The Hall–Kier alpha value is -2.20. The molecular weight excluding hydrogens is 336 g/mol. The largest absolute Gasteiger partial charge is 0.399 e. The van der Waals surface area contributed by atoms with Crippen molar-refractivity contribution in [2.24, 2.45) is 11.1 Å². The molecule has 4 fully saturated rings. The molecular formula is C17H22N6O3. The highest BCUT2D eigenvalue weighted by Crippen LogP contribution is 2.44. The average Bonchev–Trinajstić information content (AvgIpc) is 2.78. The molecule has 5 heterocycles. The number of amides is 2. The number of hydrogen-bond acceptors (Lipinski definition) is 7. The number of nitrogen functional groups attached to an aromatic ring is 1. The molecule has 2 atom stereocenters. The van der Waals surface area contributed by atoms with Gasteiger partial charge in [-0.25, -0.2) is 0 Å². The number of hydrogen-bond donors (Lipinski definition) is 3. The summed E-state index contributed by atoms with van der Waals surface area (Å²) >= 11 is 0. The zero-order chi connectivity index (χ0) is 18.2. The van der Waals surface area contributed by atoms with E-state index in [1.165, 1.54) is 4.90 Å². The lowest BCUT2D eigenvalue weighted by molar-refractivity contribution is -0.198. The summed E-state index contributed by atoms with van der Waals surface area (Å²) in [6.45, 7) is 4.62. The van der Waals surface area contributed by atoms with Crippen LogP contribution in [0.3, 0.4) is 0 Å². The smallest absolute Gasteiger partial charge is 0.257 e. The van der Waals surface area contributed by atoms with Crippen molar-refractivity contribution < 1.29 is 14.7 Å². The van der Waals surface area contributed by atoms with E-state index in [1.54, 1.807) is 18.2 Å². The molecule has 9 heteroatoms. The van der Waals surface area contributed by atoms with Crippen molar-refractivity contribution >= 4 is 17.5 Å². The molecule has 1 aromatic rings. The second kappa shape index (κ2) is 5.17. The lowest BCUT2D eigenvalue weighted by Gasteiger charge is -2.63. The Labute approximate surface area is 150 Å². The summed E-state index contributed by atoms with van der Waals surface area (Å²) in [5, 5.41) is 10.9. The first-order chi connectivity index (χ1) is 12.4. The average molecular weight is 358 g/mol. The quantitative estimate of drug-likeness (QED) is 0.555. The molecule has 2 amide bonds. The van der Waals surface area contributed by atoms with E-state index in [4.69, 9.17) is 11.5 Å². The van der Waals surface area contributed by atoms with Crippen molar-refractivity contribution in [1.29, 1.82) is 0 Å². The molecule has 5 aliphatic rings. The molecule has 26 heavy (non-hydrogen) atoms. The van der Waals surface area contributed by atoms with E-state index in [0.29, 0.717) is 36.4 Å². The van der Waals surface area contributed by atoms with Gasteiger partial charge >= 0.3 is 0 Å². The Morgan fingerprint density at radius 2 is 1.73 bits per heavy atom. The van der Waals surface area contributed by atoms with Gasteiger partial charge in [0.05, 0.1) is 20.0 Å². The second-order valence-electron chi connectivity index (χ2n) is 8.01. The standard InChI is InChI=1S/C17H22N6O3/c18-10-1-2-11-12(3-10)16(26)23(15(11)25)13(14(19)24)17-4-20-7-21(5-17)9-22(6-17)8-20/h1-3,13,16,26H,4-9,18H2,(H2,19,24). The molecule has 1 aromatic carbocycles. The number of aliphatic hydroxyl groups is 1. The van der Waals surface area contributed by atoms with E-state index in [-0.39, 0.29) is 5.91 Å². The normalized spacial score (nSPS) is 38.5. The fourth-order valence-corrected chi connectivity index (χ4v) is 5.41. The molecule has 4 bridgehead atoms. The Kier molecular flexibility index (Phi) is 3.18. The molecule has 2 unspecified atom stereocenters. The Morgan fingerprint density at radius 3 is 2.27 bits per heavy atom. The van der Waals surface area contributed by atoms with Crippen molar-refractivity contribution in [3.63, 3.8) is 0 Å². The summed E-state index contributed by atoms with van der Waals surface area (Å²) in [6.07, 6.45) is -1.22. The molecule has 0 aromatic heterocycles. The summed E-state index contributed by atoms with van der Waals surface area (Å²) in [4.78, 5) is 33.6. The van der Waals surface area contributed by atoms with E-state index < -0.39 is 23.6 Å². The molecule has 0 spiro atoms. The van der Waals surface area contributed by atoms with Gasteiger partial charge < -0.3 is 16.6 Å². The molecule has 6 rings (SSSR count). The fraction of sp³-hybridized carbons (Fsp3) is 0.529. The summed E-state index contributed by atoms with van der Waals surface area (Å²) in [6, 6.07) is 3.93. The highest BCUT2D eigenvalue weighted by atomic mass is 16.3. The third-order valence-corrected chi connectivity index (χ3v) is 6.03. The van der Waals surface area contributed by atoms with Crippen LogP contribution >= 0.6 is 0 Å². The first-order valence-electron chi connectivity index (χ1n) is 8.74. The zero-order valence-electron chi connectivity index (χ0n) is 14.3. The maximum absolute atomic E-state index is 13.0. The molecule has 5 N–H and O–H groups in total. The van der Waals surface area contributed by atoms with Crippen LogP contribution in [0.2, 0.25) is 0 Å². The molecule has 0 aliphatic carbocycles. The fourth-order valence-electron chi connectivity index (χ4n) is 5.41. The number of fused-ring (bicyclic) bond motifs is 1. The van der Waals surface area contributed by atoms with Gasteiger partial charge in [-0.15, -0.1) is 0 Å². The summed E-state index contributed by atoms with van der Waals surface area (Å²) in [5.74, 6) is -0.948. The Bertz CT molecular complexity index is 776. The van der Waals surface area contributed by atoms with Crippen molar-refractivity contribution in [3.05, 3.63) is 29.3 Å². The van der Waals surface area contributed by atoms with Gasteiger partial charge in [0.25, 0.3) is 5.91 Å². The van der Waals surface area contributed by atoms with Gasteiger partial charge in [-0.3, -0.25) is 29.2 Å². The van der Waals surface area contributed by atoms with Crippen LogP contribution < -0.4 is 11.5 Å².